The number of rotatable bonds is 10. The van der Waals surface area contributed by atoms with Crippen molar-refractivity contribution in [3.63, 3.8) is 0 Å². The van der Waals surface area contributed by atoms with Crippen LogP contribution in [0.15, 0.2) is 53.7 Å². The summed E-state index contributed by atoms with van der Waals surface area (Å²) in [6.45, 7) is 13.5. The van der Waals surface area contributed by atoms with Gasteiger partial charge in [0.2, 0.25) is 0 Å². The minimum atomic E-state index is 0.731. The van der Waals surface area contributed by atoms with Crippen LogP contribution in [0.25, 0.3) is 0 Å². The number of anilines is 2. The summed E-state index contributed by atoms with van der Waals surface area (Å²) in [6.07, 6.45) is 2.96. The maximum absolute atomic E-state index is 4.60. The molecule has 2 heterocycles. The van der Waals surface area contributed by atoms with Gasteiger partial charge in [0.1, 0.15) is 5.82 Å². The molecule has 0 bridgehead atoms. The number of guanidine groups is 1. The van der Waals surface area contributed by atoms with Gasteiger partial charge in [-0.15, -0.1) is 0 Å². The second-order valence-electron chi connectivity index (χ2n) is 8.06. The van der Waals surface area contributed by atoms with Crippen LogP contribution in [0.4, 0.5) is 11.5 Å². The fourth-order valence-electron chi connectivity index (χ4n) is 4.03. The molecule has 1 aliphatic heterocycles. The van der Waals surface area contributed by atoms with Crippen molar-refractivity contribution in [3.8, 4) is 0 Å². The highest BCUT2D eigenvalue weighted by molar-refractivity contribution is 5.79. The predicted octanol–water partition coefficient (Wildman–Crippen LogP) is 2.81. The molecule has 32 heavy (non-hydrogen) atoms. The SMILES string of the molecule is CCN1CCN(c2cc(CNC(=NC)NCCCN(CC)c3ccccc3)ccn2)CC1. The number of para-hydroxylation sites is 1. The largest absolute Gasteiger partial charge is 0.372 e. The zero-order valence-electron chi connectivity index (χ0n) is 19.9. The molecule has 3 rings (SSSR count). The van der Waals surface area contributed by atoms with E-state index in [9.17, 15) is 0 Å². The van der Waals surface area contributed by atoms with E-state index in [1.54, 1.807) is 0 Å². The fraction of sp³-hybridized carbons (Fsp3) is 0.520. The van der Waals surface area contributed by atoms with E-state index >= 15 is 0 Å². The topological polar surface area (TPSA) is 59.0 Å². The highest BCUT2D eigenvalue weighted by Gasteiger charge is 2.16. The van der Waals surface area contributed by atoms with Gasteiger partial charge >= 0.3 is 0 Å². The van der Waals surface area contributed by atoms with Crippen LogP contribution >= 0.6 is 0 Å². The standard InChI is InChI=1S/C25H39N7/c1-4-30-16-18-32(19-17-30)24-20-22(12-14-27-24)21-29-25(26-3)28-13-9-15-31(5-2)23-10-7-6-8-11-23/h6-8,10-12,14,20H,4-5,9,13,15-19,21H2,1-3H3,(H2,26,28,29). The van der Waals surface area contributed by atoms with Gasteiger partial charge in [-0.25, -0.2) is 4.98 Å². The van der Waals surface area contributed by atoms with Crippen LogP contribution in [-0.4, -0.2) is 75.2 Å². The Morgan fingerprint density at radius 3 is 2.53 bits per heavy atom. The molecule has 7 nitrogen and oxygen atoms in total. The molecule has 0 spiro atoms. The molecular formula is C25H39N7. The van der Waals surface area contributed by atoms with Gasteiger partial charge in [-0.2, -0.15) is 0 Å². The summed E-state index contributed by atoms with van der Waals surface area (Å²) >= 11 is 0. The lowest BCUT2D eigenvalue weighted by Gasteiger charge is -2.34. The minimum Gasteiger partial charge on any atom is -0.372 e. The van der Waals surface area contributed by atoms with E-state index in [2.05, 4.69) is 91.6 Å². The Hall–Kier alpha value is -2.80. The molecule has 0 radical (unpaired) electrons. The number of hydrogen-bond donors (Lipinski definition) is 2. The summed E-state index contributed by atoms with van der Waals surface area (Å²) in [5.41, 5.74) is 2.50. The Labute approximate surface area is 193 Å². The Morgan fingerprint density at radius 1 is 1.06 bits per heavy atom. The first-order chi connectivity index (χ1) is 15.7. The number of pyridine rings is 1. The highest BCUT2D eigenvalue weighted by Crippen LogP contribution is 2.15. The van der Waals surface area contributed by atoms with Crippen LogP contribution in [0.3, 0.4) is 0 Å². The van der Waals surface area contributed by atoms with E-state index in [0.29, 0.717) is 0 Å². The third-order valence-corrected chi connectivity index (χ3v) is 6.04. The molecule has 2 aromatic rings. The van der Waals surface area contributed by atoms with E-state index < -0.39 is 0 Å². The van der Waals surface area contributed by atoms with Crippen LogP contribution in [0.1, 0.15) is 25.8 Å². The summed E-state index contributed by atoms with van der Waals surface area (Å²) in [5, 5.41) is 6.88. The summed E-state index contributed by atoms with van der Waals surface area (Å²) in [5.74, 6) is 1.91. The second kappa shape index (κ2) is 12.9. The Morgan fingerprint density at radius 2 is 1.84 bits per heavy atom. The molecule has 0 aliphatic carbocycles. The van der Waals surface area contributed by atoms with Gasteiger partial charge in [0.15, 0.2) is 5.96 Å². The molecule has 174 valence electrons. The van der Waals surface area contributed by atoms with Gasteiger partial charge in [0, 0.05) is 71.3 Å². The molecule has 0 amide bonds. The van der Waals surface area contributed by atoms with Crippen molar-refractivity contribution >= 4 is 17.5 Å². The first kappa shape index (κ1) is 23.9. The van der Waals surface area contributed by atoms with Crippen molar-refractivity contribution in [3.05, 3.63) is 54.2 Å². The summed E-state index contributed by atoms with van der Waals surface area (Å²) in [4.78, 5) is 16.2. The normalized spacial score (nSPS) is 15.0. The third-order valence-electron chi connectivity index (χ3n) is 6.04. The first-order valence-corrected chi connectivity index (χ1v) is 11.9. The molecule has 1 aliphatic rings. The van der Waals surface area contributed by atoms with E-state index in [4.69, 9.17) is 0 Å². The lowest BCUT2D eigenvalue weighted by molar-refractivity contribution is 0.270. The summed E-state index contributed by atoms with van der Waals surface area (Å²) in [6, 6.07) is 14.9. The van der Waals surface area contributed by atoms with E-state index in [0.717, 1.165) is 77.1 Å². The molecule has 1 fully saturated rings. The van der Waals surface area contributed by atoms with E-state index in [1.807, 2.05) is 13.2 Å². The van der Waals surface area contributed by atoms with Crippen LogP contribution < -0.4 is 20.4 Å². The van der Waals surface area contributed by atoms with E-state index in [1.165, 1.54) is 11.3 Å². The van der Waals surface area contributed by atoms with Crippen molar-refractivity contribution in [1.29, 1.82) is 0 Å². The van der Waals surface area contributed by atoms with Gasteiger partial charge in [0.25, 0.3) is 0 Å². The zero-order chi connectivity index (χ0) is 22.6. The number of piperazine rings is 1. The third kappa shape index (κ3) is 7.12. The number of benzene rings is 1. The molecule has 0 atom stereocenters. The lowest BCUT2D eigenvalue weighted by Crippen LogP contribution is -2.46. The fourth-order valence-corrected chi connectivity index (χ4v) is 4.03. The predicted molar refractivity (Wildman–Crippen MR) is 136 cm³/mol. The van der Waals surface area contributed by atoms with Crippen molar-refractivity contribution < 1.29 is 0 Å². The number of nitrogens with one attached hydrogen (secondary N) is 2. The zero-order valence-corrected chi connectivity index (χ0v) is 19.9. The van der Waals surface area contributed by atoms with Gasteiger partial charge in [-0.1, -0.05) is 25.1 Å². The average Bonchev–Trinajstić information content (AvgIpc) is 2.86. The summed E-state index contributed by atoms with van der Waals surface area (Å²) in [7, 11) is 1.82. The molecule has 1 aromatic carbocycles. The smallest absolute Gasteiger partial charge is 0.191 e. The van der Waals surface area contributed by atoms with Crippen LogP contribution in [0, 0.1) is 0 Å². The Balaban J connectivity index is 1.41. The molecular weight excluding hydrogens is 398 g/mol. The van der Waals surface area contributed by atoms with E-state index in [-0.39, 0.29) is 0 Å². The number of hydrogen-bond acceptors (Lipinski definition) is 5. The van der Waals surface area contributed by atoms with Crippen molar-refractivity contribution in [2.45, 2.75) is 26.8 Å². The summed E-state index contributed by atoms with van der Waals surface area (Å²) < 4.78 is 0. The number of likely N-dealkylation sites (N-methyl/N-ethyl adjacent to an activating group) is 1. The molecule has 7 heteroatoms. The highest BCUT2D eigenvalue weighted by atomic mass is 15.3. The molecule has 0 unspecified atom stereocenters. The van der Waals surface area contributed by atoms with Gasteiger partial charge in [-0.05, 0) is 49.7 Å². The van der Waals surface area contributed by atoms with Crippen molar-refractivity contribution in [2.24, 2.45) is 4.99 Å². The minimum absolute atomic E-state index is 0.731. The number of aliphatic imine (C=N–C) groups is 1. The molecule has 0 saturated carbocycles. The molecule has 1 saturated heterocycles. The van der Waals surface area contributed by atoms with Gasteiger partial charge in [-0.3, -0.25) is 4.99 Å². The number of nitrogens with zero attached hydrogens (tertiary/aromatic N) is 5. The van der Waals surface area contributed by atoms with Crippen LogP contribution in [-0.2, 0) is 6.54 Å². The quantitative estimate of drug-likeness (QED) is 0.339. The van der Waals surface area contributed by atoms with Crippen LogP contribution in [0.5, 0.6) is 0 Å². The first-order valence-electron chi connectivity index (χ1n) is 11.9. The Kier molecular flexibility index (Phi) is 9.62. The van der Waals surface area contributed by atoms with Crippen molar-refractivity contribution in [2.75, 3.05) is 69.2 Å². The second-order valence-corrected chi connectivity index (χ2v) is 8.06. The molecule has 1 aromatic heterocycles. The monoisotopic (exact) mass is 437 g/mol. The number of aromatic nitrogens is 1. The Bertz CT molecular complexity index is 816. The van der Waals surface area contributed by atoms with Gasteiger partial charge in [0.05, 0.1) is 0 Å². The average molecular weight is 438 g/mol. The van der Waals surface area contributed by atoms with Crippen LogP contribution in [0.2, 0.25) is 0 Å². The maximum Gasteiger partial charge on any atom is 0.191 e. The van der Waals surface area contributed by atoms with Gasteiger partial charge < -0.3 is 25.3 Å². The maximum atomic E-state index is 4.60. The van der Waals surface area contributed by atoms with Crippen molar-refractivity contribution in [1.82, 2.24) is 20.5 Å². The lowest BCUT2D eigenvalue weighted by atomic mass is 10.2. The molecule has 2 N–H and O–H groups in total.